The van der Waals surface area contributed by atoms with Crippen molar-refractivity contribution in [1.82, 2.24) is 4.98 Å². The molecule has 1 saturated carbocycles. The van der Waals surface area contributed by atoms with Crippen LogP contribution in [0.1, 0.15) is 19.3 Å². The van der Waals surface area contributed by atoms with E-state index < -0.39 is 0 Å². The van der Waals surface area contributed by atoms with E-state index in [4.69, 9.17) is 0 Å². The molecular weight excluding hydrogens is 167 g/mol. The predicted molar refractivity (Wildman–Crippen MR) is 50.0 cm³/mol. The number of rotatable bonds is 3. The van der Waals surface area contributed by atoms with Crippen LogP contribution >= 0.6 is 0 Å². The van der Waals surface area contributed by atoms with Crippen molar-refractivity contribution in [2.24, 2.45) is 5.92 Å². The average molecular weight is 180 g/mol. The second kappa shape index (κ2) is 3.73. The molecule has 1 aliphatic rings. The van der Waals surface area contributed by atoms with E-state index in [0.29, 0.717) is 0 Å². The first-order valence-corrected chi connectivity index (χ1v) is 4.69. The summed E-state index contributed by atoms with van der Waals surface area (Å²) in [5.74, 6) is 0.502. The molecule has 70 valence electrons. The topological polar surface area (TPSA) is 24.9 Å². The molecule has 0 spiro atoms. The lowest BCUT2D eigenvalue weighted by Crippen LogP contribution is -2.20. The van der Waals surface area contributed by atoms with Gasteiger partial charge in [-0.1, -0.05) is 6.42 Å². The minimum atomic E-state index is -0.279. The van der Waals surface area contributed by atoms with Gasteiger partial charge in [0.25, 0.3) is 0 Å². The van der Waals surface area contributed by atoms with Gasteiger partial charge in [-0.2, -0.15) is 0 Å². The highest BCUT2D eigenvalue weighted by Crippen LogP contribution is 2.26. The Morgan fingerprint density at radius 2 is 2.31 bits per heavy atom. The molecule has 3 heteroatoms. The van der Waals surface area contributed by atoms with Gasteiger partial charge in [0.2, 0.25) is 0 Å². The van der Waals surface area contributed by atoms with Gasteiger partial charge in [-0.3, -0.25) is 4.98 Å². The third-order valence-corrected chi connectivity index (χ3v) is 2.52. The largest absolute Gasteiger partial charge is 0.383 e. The van der Waals surface area contributed by atoms with Crippen LogP contribution < -0.4 is 5.32 Å². The zero-order valence-electron chi connectivity index (χ0n) is 7.46. The van der Waals surface area contributed by atoms with E-state index in [9.17, 15) is 4.39 Å². The zero-order valence-corrected chi connectivity index (χ0v) is 7.46. The monoisotopic (exact) mass is 180 g/mol. The summed E-state index contributed by atoms with van der Waals surface area (Å²) in [5, 5.41) is 3.18. The van der Waals surface area contributed by atoms with Gasteiger partial charge in [0, 0.05) is 12.6 Å². The quantitative estimate of drug-likeness (QED) is 0.772. The Balaban J connectivity index is 1.86. The number of halogens is 1. The number of pyridine rings is 1. The molecule has 0 aromatic carbocycles. The van der Waals surface area contributed by atoms with Crippen LogP contribution in [0.2, 0.25) is 0 Å². The molecule has 0 radical (unpaired) electrons. The molecule has 0 amide bonds. The summed E-state index contributed by atoms with van der Waals surface area (Å²) in [6, 6.07) is 1.48. The first kappa shape index (κ1) is 8.48. The van der Waals surface area contributed by atoms with Crippen LogP contribution in [0.25, 0.3) is 0 Å². The summed E-state index contributed by atoms with van der Waals surface area (Å²) in [6.45, 7) is 0.950. The third-order valence-electron chi connectivity index (χ3n) is 2.52. The molecule has 1 heterocycles. The van der Waals surface area contributed by atoms with Gasteiger partial charge >= 0.3 is 0 Å². The Labute approximate surface area is 77.2 Å². The normalized spacial score (nSPS) is 16.7. The van der Waals surface area contributed by atoms with Gasteiger partial charge in [0.05, 0.1) is 18.1 Å². The summed E-state index contributed by atoms with van der Waals surface area (Å²) in [4.78, 5) is 3.77. The molecule has 1 aromatic heterocycles. The fourth-order valence-electron chi connectivity index (χ4n) is 1.47. The van der Waals surface area contributed by atoms with Crippen LogP contribution in [0.5, 0.6) is 0 Å². The van der Waals surface area contributed by atoms with Crippen LogP contribution in [0, 0.1) is 11.7 Å². The number of anilines is 1. The standard InChI is InChI=1S/C10H13FN2/c11-9-4-10(7-12-6-9)13-5-8-2-1-3-8/h4,6-8,13H,1-3,5H2. The maximum Gasteiger partial charge on any atom is 0.143 e. The van der Waals surface area contributed by atoms with Gasteiger partial charge in [-0.25, -0.2) is 4.39 Å². The van der Waals surface area contributed by atoms with Crippen molar-refractivity contribution in [2.45, 2.75) is 19.3 Å². The SMILES string of the molecule is Fc1cncc(NCC2CCC2)c1. The van der Waals surface area contributed by atoms with Crippen LogP contribution in [-0.4, -0.2) is 11.5 Å². The van der Waals surface area contributed by atoms with Crippen molar-refractivity contribution < 1.29 is 4.39 Å². The Kier molecular flexibility index (Phi) is 2.43. The highest BCUT2D eigenvalue weighted by molar-refractivity contribution is 5.40. The Bertz CT molecular complexity index is 284. The number of nitrogens with zero attached hydrogens (tertiary/aromatic N) is 1. The molecule has 0 unspecified atom stereocenters. The molecule has 0 atom stereocenters. The van der Waals surface area contributed by atoms with Crippen molar-refractivity contribution >= 4 is 5.69 Å². The fourth-order valence-corrected chi connectivity index (χ4v) is 1.47. The molecular formula is C10H13FN2. The van der Waals surface area contributed by atoms with E-state index in [2.05, 4.69) is 10.3 Å². The van der Waals surface area contributed by atoms with Gasteiger partial charge in [-0.05, 0) is 18.8 Å². The number of aromatic nitrogens is 1. The number of nitrogens with one attached hydrogen (secondary N) is 1. The molecule has 0 aliphatic heterocycles. The van der Waals surface area contributed by atoms with Gasteiger partial charge in [0.1, 0.15) is 5.82 Å². The van der Waals surface area contributed by atoms with Crippen molar-refractivity contribution in [3.8, 4) is 0 Å². The van der Waals surface area contributed by atoms with E-state index in [1.807, 2.05) is 0 Å². The smallest absolute Gasteiger partial charge is 0.143 e. The van der Waals surface area contributed by atoms with Gasteiger partial charge in [0.15, 0.2) is 0 Å². The second-order valence-corrected chi connectivity index (χ2v) is 3.57. The lowest BCUT2D eigenvalue weighted by atomic mass is 9.85. The number of hydrogen-bond donors (Lipinski definition) is 1. The highest BCUT2D eigenvalue weighted by Gasteiger charge is 2.16. The van der Waals surface area contributed by atoms with E-state index in [1.54, 1.807) is 6.20 Å². The highest BCUT2D eigenvalue weighted by atomic mass is 19.1. The molecule has 1 aromatic rings. The van der Waals surface area contributed by atoms with Crippen molar-refractivity contribution in [3.05, 3.63) is 24.3 Å². The summed E-state index contributed by atoms with van der Waals surface area (Å²) in [7, 11) is 0. The maximum atomic E-state index is 12.7. The lowest BCUT2D eigenvalue weighted by Gasteiger charge is -2.25. The van der Waals surface area contributed by atoms with Crippen molar-refractivity contribution in [3.63, 3.8) is 0 Å². The first-order valence-electron chi connectivity index (χ1n) is 4.69. The van der Waals surface area contributed by atoms with Gasteiger partial charge < -0.3 is 5.32 Å². The lowest BCUT2D eigenvalue weighted by molar-refractivity contribution is 0.333. The van der Waals surface area contributed by atoms with E-state index >= 15 is 0 Å². The predicted octanol–water partition coefficient (Wildman–Crippen LogP) is 2.43. The molecule has 1 N–H and O–H groups in total. The van der Waals surface area contributed by atoms with E-state index in [-0.39, 0.29) is 5.82 Å². The molecule has 2 rings (SSSR count). The molecule has 1 aliphatic carbocycles. The Hall–Kier alpha value is -1.12. The van der Waals surface area contributed by atoms with Crippen LogP contribution in [0.15, 0.2) is 18.5 Å². The van der Waals surface area contributed by atoms with Gasteiger partial charge in [-0.15, -0.1) is 0 Å². The van der Waals surface area contributed by atoms with Crippen molar-refractivity contribution in [1.29, 1.82) is 0 Å². The minimum Gasteiger partial charge on any atom is -0.383 e. The van der Waals surface area contributed by atoms with E-state index in [1.165, 1.54) is 31.5 Å². The molecule has 1 fully saturated rings. The average Bonchev–Trinajstić information content (AvgIpc) is 2.01. The Morgan fingerprint density at radius 3 is 2.92 bits per heavy atom. The van der Waals surface area contributed by atoms with Crippen LogP contribution in [0.3, 0.4) is 0 Å². The van der Waals surface area contributed by atoms with E-state index in [0.717, 1.165) is 18.2 Å². The molecule has 0 bridgehead atoms. The third kappa shape index (κ3) is 2.17. The first-order chi connectivity index (χ1) is 6.34. The van der Waals surface area contributed by atoms with Crippen LogP contribution in [0.4, 0.5) is 10.1 Å². The molecule has 2 nitrogen and oxygen atoms in total. The summed E-state index contributed by atoms with van der Waals surface area (Å²) in [6.07, 6.45) is 6.81. The maximum absolute atomic E-state index is 12.7. The summed E-state index contributed by atoms with van der Waals surface area (Å²) >= 11 is 0. The minimum absolute atomic E-state index is 0.279. The Morgan fingerprint density at radius 1 is 1.46 bits per heavy atom. The molecule has 0 saturated heterocycles. The van der Waals surface area contributed by atoms with Crippen LogP contribution in [-0.2, 0) is 0 Å². The zero-order chi connectivity index (χ0) is 9.10. The second-order valence-electron chi connectivity index (χ2n) is 3.57. The fraction of sp³-hybridized carbons (Fsp3) is 0.500. The molecule has 13 heavy (non-hydrogen) atoms. The summed E-state index contributed by atoms with van der Waals surface area (Å²) < 4.78 is 12.7. The number of hydrogen-bond acceptors (Lipinski definition) is 2. The van der Waals surface area contributed by atoms with Crippen molar-refractivity contribution in [2.75, 3.05) is 11.9 Å². The summed E-state index contributed by atoms with van der Waals surface area (Å²) in [5.41, 5.74) is 0.784.